The topological polar surface area (TPSA) is 83.1 Å². The minimum atomic E-state index is -0.411. The molecule has 30 heavy (non-hydrogen) atoms. The Morgan fingerprint density at radius 1 is 1.07 bits per heavy atom. The number of amides is 1. The van der Waals surface area contributed by atoms with Crippen molar-refractivity contribution in [2.24, 2.45) is 17.8 Å². The smallest absolute Gasteiger partial charge is 0.306 e. The Bertz CT molecular complexity index is 739. The molecule has 4 atom stereocenters. The van der Waals surface area contributed by atoms with Crippen molar-refractivity contribution in [3.63, 3.8) is 0 Å². The highest BCUT2D eigenvalue weighted by atomic mass is 16.5. The van der Waals surface area contributed by atoms with Crippen molar-refractivity contribution in [1.82, 2.24) is 5.32 Å². The number of benzene rings is 1. The average molecular weight is 420 g/mol. The number of ether oxygens (including phenoxy) is 4. The maximum Gasteiger partial charge on any atom is 0.306 e. The molecule has 0 saturated heterocycles. The normalized spacial score (nSPS) is 23.0. The molecule has 7 heteroatoms. The van der Waals surface area contributed by atoms with Gasteiger partial charge in [0.05, 0.1) is 21.3 Å². The molecule has 1 N–H and O–H groups in total. The van der Waals surface area contributed by atoms with Gasteiger partial charge in [-0.1, -0.05) is 6.42 Å². The molecule has 1 aromatic rings. The molecule has 0 radical (unpaired) electrons. The molecule has 0 heterocycles. The molecule has 7 nitrogen and oxygen atoms in total. The van der Waals surface area contributed by atoms with Crippen LogP contribution >= 0.6 is 0 Å². The molecule has 1 amide bonds. The highest BCUT2D eigenvalue weighted by Gasteiger charge is 2.42. The Morgan fingerprint density at radius 3 is 2.30 bits per heavy atom. The maximum atomic E-state index is 12.2. The first-order valence-electron chi connectivity index (χ1n) is 10.7. The number of hydrogen-bond acceptors (Lipinski definition) is 6. The Morgan fingerprint density at radius 2 is 1.77 bits per heavy atom. The van der Waals surface area contributed by atoms with Gasteiger partial charge in [0.1, 0.15) is 0 Å². The molecule has 2 bridgehead atoms. The van der Waals surface area contributed by atoms with Crippen LogP contribution in [0.2, 0.25) is 0 Å². The number of esters is 1. The van der Waals surface area contributed by atoms with E-state index in [1.807, 2.05) is 0 Å². The maximum absolute atomic E-state index is 12.2. The van der Waals surface area contributed by atoms with E-state index in [2.05, 4.69) is 12.2 Å². The number of rotatable bonds is 10. The predicted octanol–water partition coefficient (Wildman–Crippen LogP) is 3.13. The van der Waals surface area contributed by atoms with Crippen molar-refractivity contribution in [3.05, 3.63) is 17.7 Å². The van der Waals surface area contributed by atoms with E-state index in [0.717, 1.165) is 17.4 Å². The van der Waals surface area contributed by atoms with E-state index >= 15 is 0 Å². The van der Waals surface area contributed by atoms with E-state index in [0.29, 0.717) is 29.6 Å². The lowest BCUT2D eigenvalue weighted by Crippen LogP contribution is -2.42. The standard InChI is InChI=1S/C23H33NO6/c1-14(18-10-15-5-7-17(18)9-15)24-21(25)13-30-22(26)8-6-16-11-19(27-2)23(29-4)20(12-16)28-3/h11-12,14-15,17-18H,5-10,13H2,1-4H3,(H,24,25). The van der Waals surface area contributed by atoms with Crippen LogP contribution < -0.4 is 19.5 Å². The van der Waals surface area contributed by atoms with Gasteiger partial charge in [0, 0.05) is 12.5 Å². The van der Waals surface area contributed by atoms with Crippen molar-refractivity contribution >= 4 is 11.9 Å². The van der Waals surface area contributed by atoms with Gasteiger partial charge in [0.2, 0.25) is 5.75 Å². The number of aryl methyl sites for hydroxylation is 1. The third-order valence-corrected chi connectivity index (χ3v) is 6.53. The highest BCUT2D eigenvalue weighted by molar-refractivity contribution is 5.80. The molecular weight excluding hydrogens is 386 g/mol. The molecule has 1 aromatic carbocycles. The van der Waals surface area contributed by atoms with Crippen molar-refractivity contribution in [1.29, 1.82) is 0 Å². The lowest BCUT2D eigenvalue weighted by molar-refractivity contribution is -0.148. The number of methoxy groups -OCH3 is 3. The van der Waals surface area contributed by atoms with E-state index in [-0.39, 0.29) is 25.0 Å². The van der Waals surface area contributed by atoms with E-state index < -0.39 is 5.97 Å². The summed E-state index contributed by atoms with van der Waals surface area (Å²) in [6.07, 6.45) is 5.74. The SMILES string of the molecule is COc1cc(CCC(=O)OCC(=O)NC(C)C2CC3CCC2C3)cc(OC)c1OC. The van der Waals surface area contributed by atoms with Gasteiger partial charge >= 0.3 is 5.97 Å². The third kappa shape index (κ3) is 5.18. The summed E-state index contributed by atoms with van der Waals surface area (Å²) in [6, 6.07) is 3.74. The fraction of sp³-hybridized carbons (Fsp3) is 0.652. The van der Waals surface area contributed by atoms with Crippen LogP contribution in [0.25, 0.3) is 0 Å². The van der Waals surface area contributed by atoms with Gasteiger partial charge in [-0.15, -0.1) is 0 Å². The monoisotopic (exact) mass is 419 g/mol. The van der Waals surface area contributed by atoms with Crippen molar-refractivity contribution in [2.45, 2.75) is 51.5 Å². The molecule has 4 unspecified atom stereocenters. The van der Waals surface area contributed by atoms with Crippen LogP contribution in [0.15, 0.2) is 12.1 Å². The van der Waals surface area contributed by atoms with E-state index in [1.165, 1.54) is 25.7 Å². The summed E-state index contributed by atoms with van der Waals surface area (Å²) >= 11 is 0. The Hall–Kier alpha value is -2.44. The quantitative estimate of drug-likeness (QED) is 0.587. The fourth-order valence-electron chi connectivity index (χ4n) is 5.05. The van der Waals surface area contributed by atoms with Crippen LogP contribution in [0.4, 0.5) is 0 Å². The number of carbonyl (C=O) groups is 2. The molecule has 2 aliphatic rings. The van der Waals surface area contributed by atoms with Gasteiger partial charge in [-0.25, -0.2) is 0 Å². The Kier molecular flexibility index (Phi) is 7.45. The highest BCUT2D eigenvalue weighted by Crippen LogP contribution is 2.49. The molecule has 0 aromatic heterocycles. The predicted molar refractivity (Wildman–Crippen MR) is 112 cm³/mol. The van der Waals surface area contributed by atoms with E-state index in [4.69, 9.17) is 18.9 Å². The van der Waals surface area contributed by atoms with Gasteiger partial charge < -0.3 is 24.3 Å². The summed E-state index contributed by atoms with van der Waals surface area (Å²) in [5.74, 6) is 3.08. The van der Waals surface area contributed by atoms with Gasteiger partial charge in [-0.05, 0) is 68.1 Å². The summed E-state index contributed by atoms with van der Waals surface area (Å²) in [5, 5.41) is 3.02. The van der Waals surface area contributed by atoms with E-state index in [9.17, 15) is 9.59 Å². The van der Waals surface area contributed by atoms with Crippen LogP contribution in [-0.4, -0.2) is 45.9 Å². The second-order valence-electron chi connectivity index (χ2n) is 8.39. The molecule has 2 saturated carbocycles. The van der Waals surface area contributed by atoms with Crippen molar-refractivity contribution in [2.75, 3.05) is 27.9 Å². The minimum Gasteiger partial charge on any atom is -0.493 e. The number of fused-ring (bicyclic) bond motifs is 2. The van der Waals surface area contributed by atoms with Crippen LogP contribution in [0.3, 0.4) is 0 Å². The minimum absolute atomic E-state index is 0.130. The van der Waals surface area contributed by atoms with E-state index in [1.54, 1.807) is 33.5 Å². The zero-order chi connectivity index (χ0) is 21.7. The first-order chi connectivity index (χ1) is 14.4. The first kappa shape index (κ1) is 22.2. The van der Waals surface area contributed by atoms with Crippen LogP contribution in [-0.2, 0) is 20.7 Å². The fourth-order valence-corrected chi connectivity index (χ4v) is 5.05. The lowest BCUT2D eigenvalue weighted by atomic mass is 9.84. The molecular formula is C23H33NO6. The number of hydrogen-bond donors (Lipinski definition) is 1. The second-order valence-corrected chi connectivity index (χ2v) is 8.39. The molecule has 0 spiro atoms. The van der Waals surface area contributed by atoms with Crippen molar-refractivity contribution < 1.29 is 28.5 Å². The molecule has 166 valence electrons. The summed E-state index contributed by atoms with van der Waals surface area (Å²) in [5.41, 5.74) is 0.857. The molecule has 3 rings (SSSR count). The third-order valence-electron chi connectivity index (χ3n) is 6.53. The van der Waals surface area contributed by atoms with Crippen LogP contribution in [0.5, 0.6) is 17.2 Å². The number of carbonyl (C=O) groups excluding carboxylic acids is 2. The average Bonchev–Trinajstić information content (AvgIpc) is 3.39. The summed E-state index contributed by atoms with van der Waals surface area (Å²) in [4.78, 5) is 24.3. The molecule has 2 fully saturated rings. The van der Waals surface area contributed by atoms with Gasteiger partial charge in [-0.3, -0.25) is 9.59 Å². The summed E-state index contributed by atoms with van der Waals surface area (Å²) in [6.45, 7) is 1.83. The van der Waals surface area contributed by atoms with Gasteiger partial charge in [-0.2, -0.15) is 0 Å². The van der Waals surface area contributed by atoms with Gasteiger partial charge in [0.25, 0.3) is 5.91 Å². The number of nitrogens with one attached hydrogen (secondary N) is 1. The largest absolute Gasteiger partial charge is 0.493 e. The van der Waals surface area contributed by atoms with Gasteiger partial charge in [0.15, 0.2) is 18.1 Å². The van der Waals surface area contributed by atoms with Crippen molar-refractivity contribution in [3.8, 4) is 17.2 Å². The van der Waals surface area contributed by atoms with Crippen LogP contribution in [0, 0.1) is 17.8 Å². The first-order valence-corrected chi connectivity index (χ1v) is 10.7. The lowest BCUT2D eigenvalue weighted by Gasteiger charge is -2.28. The summed E-state index contributed by atoms with van der Waals surface area (Å²) < 4.78 is 21.1. The zero-order valence-electron chi connectivity index (χ0n) is 18.4. The summed E-state index contributed by atoms with van der Waals surface area (Å²) in [7, 11) is 4.64. The Balaban J connectivity index is 1.43. The second kappa shape index (κ2) is 10.0. The van der Waals surface area contributed by atoms with Crippen LogP contribution in [0.1, 0.15) is 44.6 Å². The molecule has 2 aliphatic carbocycles. The zero-order valence-corrected chi connectivity index (χ0v) is 18.4. The Labute approximate surface area is 178 Å². The molecule has 0 aliphatic heterocycles.